The van der Waals surface area contributed by atoms with Crippen molar-refractivity contribution in [1.82, 2.24) is 14.3 Å². The van der Waals surface area contributed by atoms with Crippen LogP contribution in [0.3, 0.4) is 0 Å². The molecule has 5 rings (SSSR count). The zero-order chi connectivity index (χ0) is 23.7. The number of rotatable bonds is 6. The molecule has 2 aromatic carbocycles. The summed E-state index contributed by atoms with van der Waals surface area (Å²) in [6.45, 7) is 2.86. The van der Waals surface area contributed by atoms with E-state index in [2.05, 4.69) is 9.67 Å². The average Bonchev–Trinajstić information content (AvgIpc) is 3.16. The van der Waals surface area contributed by atoms with Crippen molar-refractivity contribution in [3.05, 3.63) is 82.9 Å². The number of hydrogen-bond donors (Lipinski definition) is 1. The smallest absolute Gasteiger partial charge is 0.277 e. The lowest BCUT2D eigenvalue weighted by Crippen LogP contribution is -2.29. The second kappa shape index (κ2) is 9.43. The summed E-state index contributed by atoms with van der Waals surface area (Å²) in [6.07, 6.45) is 8.04. The number of hydrogen-bond acceptors (Lipinski definition) is 4. The molecule has 7 heteroatoms. The summed E-state index contributed by atoms with van der Waals surface area (Å²) in [5.74, 6) is 5.87. The lowest BCUT2D eigenvalue weighted by Gasteiger charge is -2.25. The van der Waals surface area contributed by atoms with E-state index in [1.165, 1.54) is 4.68 Å². The van der Waals surface area contributed by atoms with Gasteiger partial charge in [0.1, 0.15) is 11.9 Å². The Morgan fingerprint density at radius 2 is 1.91 bits per heavy atom. The highest BCUT2D eigenvalue weighted by atomic mass is 19.1. The molecule has 0 aromatic heterocycles. The molecule has 0 saturated heterocycles. The predicted octanol–water partition coefficient (Wildman–Crippen LogP) is 5.09. The van der Waals surface area contributed by atoms with Crippen molar-refractivity contribution in [1.29, 1.82) is 0 Å². The summed E-state index contributed by atoms with van der Waals surface area (Å²) in [5, 5.41) is 7.16. The lowest BCUT2D eigenvalue weighted by molar-refractivity contribution is 0.145. The van der Waals surface area contributed by atoms with Crippen LogP contribution in [0.1, 0.15) is 38.2 Å². The highest BCUT2D eigenvalue weighted by molar-refractivity contribution is 5.93. The molecule has 2 aromatic rings. The van der Waals surface area contributed by atoms with Crippen LogP contribution in [0.5, 0.6) is 0 Å². The topological polar surface area (TPSA) is 69.1 Å². The molecule has 3 aliphatic rings. The largest absolute Gasteiger partial charge is 0.342 e. The SMILES string of the molecule is C/C=C\N(N)c1ccc(Cn2cc3c(=O)n(CC4CCCC[C@@H]4F)nc-3c3ccccc32)cc1. The van der Waals surface area contributed by atoms with Crippen LogP contribution in [0.15, 0.2) is 71.8 Å². The normalized spacial score (nSPS) is 18.8. The van der Waals surface area contributed by atoms with Crippen LogP contribution in [0.25, 0.3) is 22.2 Å². The molecule has 6 nitrogen and oxygen atoms in total. The van der Waals surface area contributed by atoms with E-state index in [-0.39, 0.29) is 11.5 Å². The van der Waals surface area contributed by atoms with Crippen molar-refractivity contribution in [3.63, 3.8) is 0 Å². The van der Waals surface area contributed by atoms with Crippen LogP contribution in [0.2, 0.25) is 0 Å². The molecule has 2 aliphatic heterocycles. The molecule has 2 atom stereocenters. The quantitative estimate of drug-likeness (QED) is 0.322. The molecule has 1 aliphatic carbocycles. The molecule has 2 heterocycles. The van der Waals surface area contributed by atoms with Gasteiger partial charge >= 0.3 is 0 Å². The number of halogens is 1. The Kier molecular flexibility index (Phi) is 6.20. The van der Waals surface area contributed by atoms with Gasteiger partial charge in [-0.25, -0.2) is 14.9 Å². The van der Waals surface area contributed by atoms with Gasteiger partial charge in [-0.05, 0) is 43.5 Å². The van der Waals surface area contributed by atoms with Crippen molar-refractivity contribution in [3.8, 4) is 11.3 Å². The molecule has 34 heavy (non-hydrogen) atoms. The van der Waals surface area contributed by atoms with Crippen LogP contribution in [-0.4, -0.2) is 20.5 Å². The number of nitrogens with zero attached hydrogens (tertiary/aromatic N) is 4. The number of allylic oxidation sites excluding steroid dienone is 1. The van der Waals surface area contributed by atoms with Crippen molar-refractivity contribution in [2.45, 2.75) is 51.9 Å². The van der Waals surface area contributed by atoms with Crippen LogP contribution < -0.4 is 16.4 Å². The molecule has 0 spiro atoms. The first-order valence-electron chi connectivity index (χ1n) is 11.9. The Labute approximate surface area is 198 Å². The van der Waals surface area contributed by atoms with Gasteiger partial charge in [-0.3, -0.25) is 9.80 Å². The van der Waals surface area contributed by atoms with Gasteiger partial charge in [0, 0.05) is 30.2 Å². The Hall–Kier alpha value is -3.45. The average molecular weight is 460 g/mol. The number of alkyl halides is 1. The highest BCUT2D eigenvalue weighted by Gasteiger charge is 2.28. The third kappa shape index (κ3) is 4.23. The molecular weight excluding hydrogens is 429 g/mol. The maximum absolute atomic E-state index is 14.4. The van der Waals surface area contributed by atoms with E-state index in [1.807, 2.05) is 67.7 Å². The van der Waals surface area contributed by atoms with Gasteiger partial charge in [0.15, 0.2) is 0 Å². The minimum absolute atomic E-state index is 0.141. The lowest BCUT2D eigenvalue weighted by atomic mass is 9.87. The molecule has 0 bridgehead atoms. The fourth-order valence-corrected chi connectivity index (χ4v) is 4.99. The molecule has 1 saturated carbocycles. The maximum atomic E-state index is 14.4. The number of para-hydroxylation sites is 1. The van der Waals surface area contributed by atoms with E-state index in [4.69, 9.17) is 5.84 Å². The highest BCUT2D eigenvalue weighted by Crippen LogP contribution is 2.31. The van der Waals surface area contributed by atoms with Crippen molar-refractivity contribution < 1.29 is 4.39 Å². The molecule has 176 valence electrons. The first-order valence-corrected chi connectivity index (χ1v) is 11.9. The summed E-state index contributed by atoms with van der Waals surface area (Å²) >= 11 is 0. The number of anilines is 1. The van der Waals surface area contributed by atoms with E-state index < -0.39 is 6.17 Å². The monoisotopic (exact) mass is 459 g/mol. The minimum Gasteiger partial charge on any atom is -0.342 e. The molecule has 2 N–H and O–H groups in total. The first-order chi connectivity index (χ1) is 16.5. The van der Waals surface area contributed by atoms with Gasteiger partial charge in [0.25, 0.3) is 5.56 Å². The van der Waals surface area contributed by atoms with E-state index in [0.29, 0.717) is 30.8 Å². The number of aromatic nitrogens is 3. The van der Waals surface area contributed by atoms with Gasteiger partial charge in [-0.15, -0.1) is 0 Å². The maximum Gasteiger partial charge on any atom is 0.277 e. The number of pyridine rings is 1. The van der Waals surface area contributed by atoms with E-state index >= 15 is 0 Å². The first kappa shape index (κ1) is 22.3. The summed E-state index contributed by atoms with van der Waals surface area (Å²) in [7, 11) is 0. The Balaban J connectivity index is 1.51. The van der Waals surface area contributed by atoms with E-state index in [0.717, 1.165) is 41.4 Å². The zero-order valence-electron chi connectivity index (χ0n) is 19.4. The Morgan fingerprint density at radius 3 is 2.68 bits per heavy atom. The van der Waals surface area contributed by atoms with E-state index in [9.17, 15) is 9.18 Å². The molecular formula is C27H30FN5O. The Morgan fingerprint density at radius 1 is 1.15 bits per heavy atom. The van der Waals surface area contributed by atoms with Crippen molar-refractivity contribution in [2.24, 2.45) is 11.8 Å². The second-order valence-corrected chi connectivity index (χ2v) is 9.14. The predicted molar refractivity (Wildman–Crippen MR) is 134 cm³/mol. The third-order valence-corrected chi connectivity index (χ3v) is 6.82. The minimum atomic E-state index is -0.859. The van der Waals surface area contributed by atoms with Crippen LogP contribution in [-0.2, 0) is 13.1 Å². The molecule has 1 unspecified atom stereocenters. The number of nitrogens with two attached hydrogens (primary N) is 1. The van der Waals surface area contributed by atoms with Crippen molar-refractivity contribution >= 4 is 16.6 Å². The molecule has 1 fully saturated rings. The third-order valence-electron chi connectivity index (χ3n) is 6.82. The summed E-state index contributed by atoms with van der Waals surface area (Å²) < 4.78 is 18.0. The van der Waals surface area contributed by atoms with Gasteiger partial charge in [-0.1, -0.05) is 49.2 Å². The van der Waals surface area contributed by atoms with Crippen LogP contribution >= 0.6 is 0 Å². The van der Waals surface area contributed by atoms with Gasteiger partial charge in [-0.2, -0.15) is 5.10 Å². The fraction of sp³-hybridized carbons (Fsp3) is 0.333. The second-order valence-electron chi connectivity index (χ2n) is 9.14. The van der Waals surface area contributed by atoms with Gasteiger partial charge in [0.05, 0.1) is 23.3 Å². The number of fused-ring (bicyclic) bond motifs is 3. The van der Waals surface area contributed by atoms with Crippen LogP contribution in [0.4, 0.5) is 10.1 Å². The van der Waals surface area contributed by atoms with Crippen molar-refractivity contribution in [2.75, 3.05) is 5.01 Å². The van der Waals surface area contributed by atoms with Crippen LogP contribution in [0, 0.1) is 5.92 Å². The zero-order valence-corrected chi connectivity index (χ0v) is 19.4. The number of hydrazine groups is 1. The standard InChI is InChI=1S/C27H30FN5O/c1-2-15-32(29)21-13-11-19(12-14-21)16-31-18-23-26(22-8-4-6-10-25(22)31)30-33(27(23)34)17-20-7-3-5-9-24(20)28/h2,4,6,8,10-15,18,20,24H,3,5,7,9,16-17,29H2,1H3/b15-2-/t20?,24-/m0/s1. The van der Waals surface area contributed by atoms with Gasteiger partial charge < -0.3 is 4.57 Å². The summed E-state index contributed by atoms with van der Waals surface area (Å²) in [6, 6.07) is 16.0. The molecule has 0 radical (unpaired) electrons. The Bertz CT molecular complexity index is 1340. The van der Waals surface area contributed by atoms with Gasteiger partial charge in [0.2, 0.25) is 0 Å². The molecule has 0 amide bonds. The van der Waals surface area contributed by atoms with E-state index in [1.54, 1.807) is 11.2 Å². The summed E-state index contributed by atoms with van der Waals surface area (Å²) in [4.78, 5) is 13.3. The number of benzene rings is 2. The summed E-state index contributed by atoms with van der Waals surface area (Å²) in [5.41, 5.74) is 4.09. The fourth-order valence-electron chi connectivity index (χ4n) is 4.99.